The van der Waals surface area contributed by atoms with E-state index < -0.39 is 12.7 Å². The fourth-order valence-corrected chi connectivity index (χ4v) is 2.48. The highest BCUT2D eigenvalue weighted by Gasteiger charge is 2.28. The van der Waals surface area contributed by atoms with Gasteiger partial charge in [0.1, 0.15) is 0 Å². The molecule has 0 atom stereocenters. The first-order valence-corrected chi connectivity index (χ1v) is 8.04. The second kappa shape index (κ2) is 8.67. The predicted octanol–water partition coefficient (Wildman–Crippen LogP) is 3.97. The van der Waals surface area contributed by atoms with Gasteiger partial charge < -0.3 is 5.32 Å². The predicted molar refractivity (Wildman–Crippen MR) is 92.4 cm³/mol. The zero-order chi connectivity index (χ0) is 18.3. The van der Waals surface area contributed by atoms with Crippen molar-refractivity contribution in [2.45, 2.75) is 12.6 Å². The number of halogens is 3. The van der Waals surface area contributed by atoms with E-state index in [2.05, 4.69) is 5.32 Å². The molecule has 6 heteroatoms. The van der Waals surface area contributed by atoms with E-state index in [4.69, 9.17) is 0 Å². The van der Waals surface area contributed by atoms with Gasteiger partial charge >= 0.3 is 6.18 Å². The van der Waals surface area contributed by atoms with Gasteiger partial charge in [0.05, 0.1) is 6.54 Å². The van der Waals surface area contributed by atoms with Gasteiger partial charge in [-0.05, 0) is 43.3 Å². The maximum absolute atomic E-state index is 12.2. The maximum atomic E-state index is 12.2. The van der Waals surface area contributed by atoms with E-state index in [0.29, 0.717) is 18.5 Å². The summed E-state index contributed by atoms with van der Waals surface area (Å²) in [4.78, 5) is 13.3. The first-order chi connectivity index (χ1) is 11.8. The van der Waals surface area contributed by atoms with Crippen molar-refractivity contribution in [3.8, 4) is 11.1 Å². The van der Waals surface area contributed by atoms with Crippen LogP contribution in [0.5, 0.6) is 0 Å². The number of benzene rings is 2. The Morgan fingerprint density at radius 1 is 1.00 bits per heavy atom. The average molecular weight is 350 g/mol. The zero-order valence-electron chi connectivity index (χ0n) is 14.0. The Morgan fingerprint density at radius 2 is 1.60 bits per heavy atom. The Hall–Kier alpha value is -2.34. The third kappa shape index (κ3) is 6.58. The number of carbonyl (C=O) groups is 1. The number of nitrogens with one attached hydrogen (secondary N) is 1. The summed E-state index contributed by atoms with van der Waals surface area (Å²) < 4.78 is 36.6. The van der Waals surface area contributed by atoms with Crippen LogP contribution in [0.15, 0.2) is 54.6 Å². The van der Waals surface area contributed by atoms with Crippen LogP contribution in [0.4, 0.5) is 13.2 Å². The van der Waals surface area contributed by atoms with Crippen molar-refractivity contribution in [3.05, 3.63) is 60.2 Å². The Balaban J connectivity index is 1.78. The molecule has 1 amide bonds. The summed E-state index contributed by atoms with van der Waals surface area (Å²) in [5.74, 6) is -0.224. The molecule has 0 unspecified atom stereocenters. The molecule has 25 heavy (non-hydrogen) atoms. The van der Waals surface area contributed by atoms with Crippen LogP contribution in [0.1, 0.15) is 16.8 Å². The Bertz CT molecular complexity index is 669. The Morgan fingerprint density at radius 3 is 2.20 bits per heavy atom. The SMILES string of the molecule is CN(CCCNC(=O)c1ccc(-c2ccccc2)cc1)CC(F)(F)F. The smallest absolute Gasteiger partial charge is 0.352 e. The topological polar surface area (TPSA) is 32.3 Å². The summed E-state index contributed by atoms with van der Waals surface area (Å²) in [7, 11) is 1.41. The van der Waals surface area contributed by atoms with Crippen molar-refractivity contribution in [1.29, 1.82) is 0 Å². The number of rotatable bonds is 7. The van der Waals surface area contributed by atoms with Crippen molar-refractivity contribution in [3.63, 3.8) is 0 Å². The number of hydrogen-bond acceptors (Lipinski definition) is 2. The lowest BCUT2D eigenvalue weighted by atomic mass is 10.0. The second-order valence-corrected chi connectivity index (χ2v) is 5.91. The molecule has 1 N–H and O–H groups in total. The van der Waals surface area contributed by atoms with E-state index >= 15 is 0 Å². The van der Waals surface area contributed by atoms with E-state index in [0.717, 1.165) is 11.1 Å². The average Bonchev–Trinajstić information content (AvgIpc) is 2.58. The summed E-state index contributed by atoms with van der Waals surface area (Å²) in [6.45, 7) is -0.337. The molecule has 0 radical (unpaired) electrons. The first-order valence-electron chi connectivity index (χ1n) is 8.04. The second-order valence-electron chi connectivity index (χ2n) is 5.91. The molecule has 0 aliphatic heterocycles. The Kier molecular flexibility index (Phi) is 6.58. The van der Waals surface area contributed by atoms with Crippen LogP contribution in [-0.2, 0) is 0 Å². The van der Waals surface area contributed by atoms with Crippen LogP contribution >= 0.6 is 0 Å². The molecule has 3 nitrogen and oxygen atoms in total. The van der Waals surface area contributed by atoms with Crippen molar-refractivity contribution in [1.82, 2.24) is 10.2 Å². The first kappa shape index (κ1) is 19.0. The van der Waals surface area contributed by atoms with Crippen LogP contribution in [0, 0.1) is 0 Å². The van der Waals surface area contributed by atoms with Gasteiger partial charge in [-0.1, -0.05) is 42.5 Å². The van der Waals surface area contributed by atoms with Gasteiger partial charge in [-0.2, -0.15) is 13.2 Å². The molecule has 0 aromatic heterocycles. The lowest BCUT2D eigenvalue weighted by molar-refractivity contribution is -0.143. The third-order valence-electron chi connectivity index (χ3n) is 3.71. The largest absolute Gasteiger partial charge is 0.401 e. The minimum absolute atomic E-state index is 0.224. The highest BCUT2D eigenvalue weighted by atomic mass is 19.4. The summed E-state index contributed by atoms with van der Waals surface area (Å²) >= 11 is 0. The van der Waals surface area contributed by atoms with Gasteiger partial charge in [0.15, 0.2) is 0 Å². The molecule has 134 valence electrons. The molecule has 0 fully saturated rings. The summed E-state index contributed by atoms with van der Waals surface area (Å²) in [5.41, 5.74) is 2.62. The van der Waals surface area contributed by atoms with E-state index in [1.165, 1.54) is 11.9 Å². The zero-order valence-corrected chi connectivity index (χ0v) is 14.0. The molecular formula is C19H21F3N2O. The van der Waals surface area contributed by atoms with Crippen molar-refractivity contribution >= 4 is 5.91 Å². The van der Waals surface area contributed by atoms with Crippen LogP contribution in [-0.4, -0.2) is 43.7 Å². The van der Waals surface area contributed by atoms with Gasteiger partial charge in [-0.3, -0.25) is 9.69 Å². The van der Waals surface area contributed by atoms with Gasteiger partial charge in [-0.15, -0.1) is 0 Å². The normalized spacial score (nSPS) is 11.6. The van der Waals surface area contributed by atoms with Gasteiger partial charge in [0.25, 0.3) is 5.91 Å². The molecule has 0 spiro atoms. The van der Waals surface area contributed by atoms with Gasteiger partial charge in [0.2, 0.25) is 0 Å². The number of nitrogens with zero attached hydrogens (tertiary/aromatic N) is 1. The van der Waals surface area contributed by atoms with Gasteiger partial charge in [-0.25, -0.2) is 0 Å². The molecule has 2 aromatic rings. The lowest BCUT2D eigenvalue weighted by Crippen LogP contribution is -2.33. The summed E-state index contributed by atoms with van der Waals surface area (Å²) in [6, 6.07) is 17.1. The third-order valence-corrected chi connectivity index (χ3v) is 3.71. The van der Waals surface area contributed by atoms with Crippen LogP contribution in [0.2, 0.25) is 0 Å². The lowest BCUT2D eigenvalue weighted by Gasteiger charge is -2.18. The summed E-state index contributed by atoms with van der Waals surface area (Å²) in [5, 5.41) is 2.73. The summed E-state index contributed by atoms with van der Waals surface area (Å²) in [6.07, 6.45) is -3.74. The quantitative estimate of drug-likeness (QED) is 0.767. The van der Waals surface area contributed by atoms with E-state index in [-0.39, 0.29) is 12.5 Å². The van der Waals surface area contributed by atoms with Crippen LogP contribution < -0.4 is 5.32 Å². The molecule has 2 aromatic carbocycles. The molecule has 0 aliphatic rings. The highest BCUT2D eigenvalue weighted by molar-refractivity contribution is 5.94. The fraction of sp³-hybridized carbons (Fsp3) is 0.316. The van der Waals surface area contributed by atoms with Crippen LogP contribution in [0.25, 0.3) is 11.1 Å². The molecule has 0 bridgehead atoms. The van der Waals surface area contributed by atoms with E-state index in [9.17, 15) is 18.0 Å². The molecule has 2 rings (SSSR count). The minimum atomic E-state index is -4.20. The Labute approximate surface area is 145 Å². The molecule has 0 heterocycles. The number of carbonyl (C=O) groups excluding carboxylic acids is 1. The standard InChI is InChI=1S/C19H21F3N2O/c1-24(14-19(20,21)22)13-5-12-23-18(25)17-10-8-16(9-11-17)15-6-3-2-4-7-15/h2-4,6-11H,5,12-14H2,1H3,(H,23,25). The molecule has 0 saturated heterocycles. The van der Waals surface area contributed by atoms with Crippen molar-refractivity contribution in [2.75, 3.05) is 26.7 Å². The molecule has 0 saturated carbocycles. The van der Waals surface area contributed by atoms with Crippen molar-refractivity contribution < 1.29 is 18.0 Å². The fourth-order valence-electron chi connectivity index (χ4n) is 2.48. The molecular weight excluding hydrogens is 329 g/mol. The monoisotopic (exact) mass is 350 g/mol. The van der Waals surface area contributed by atoms with E-state index in [1.54, 1.807) is 12.1 Å². The van der Waals surface area contributed by atoms with Crippen molar-refractivity contribution in [2.24, 2.45) is 0 Å². The van der Waals surface area contributed by atoms with Gasteiger partial charge in [0, 0.05) is 12.1 Å². The van der Waals surface area contributed by atoms with Crippen LogP contribution in [0.3, 0.4) is 0 Å². The number of alkyl halides is 3. The number of hydrogen-bond donors (Lipinski definition) is 1. The van der Waals surface area contributed by atoms with E-state index in [1.807, 2.05) is 42.5 Å². The number of amides is 1. The molecule has 0 aliphatic carbocycles. The highest BCUT2D eigenvalue weighted by Crippen LogP contribution is 2.19. The minimum Gasteiger partial charge on any atom is -0.352 e. The maximum Gasteiger partial charge on any atom is 0.401 e.